The Morgan fingerprint density at radius 3 is 2.62 bits per heavy atom. The van der Waals surface area contributed by atoms with Gasteiger partial charge >= 0.3 is 5.97 Å². The molecule has 0 spiro atoms. The Labute approximate surface area is 76.5 Å². The SMILES string of the molecule is CC(C)(CO)COOC=CC(=O)O. The fraction of sp³-hybridized carbons (Fsp3) is 0.625. The van der Waals surface area contributed by atoms with Crippen molar-refractivity contribution in [2.24, 2.45) is 5.41 Å². The maximum Gasteiger partial charge on any atom is 0.331 e. The van der Waals surface area contributed by atoms with Crippen molar-refractivity contribution >= 4 is 5.97 Å². The van der Waals surface area contributed by atoms with Gasteiger partial charge in [0.2, 0.25) is 0 Å². The van der Waals surface area contributed by atoms with E-state index in [0.29, 0.717) is 0 Å². The average molecular weight is 190 g/mol. The molecule has 0 saturated heterocycles. The molecule has 5 nitrogen and oxygen atoms in total. The Bertz CT molecular complexity index is 185. The fourth-order valence-electron chi connectivity index (χ4n) is 0.364. The molecule has 0 fully saturated rings. The number of rotatable bonds is 6. The van der Waals surface area contributed by atoms with Gasteiger partial charge in [0.1, 0.15) is 12.9 Å². The van der Waals surface area contributed by atoms with Crippen molar-refractivity contribution in [3.05, 3.63) is 12.3 Å². The van der Waals surface area contributed by atoms with E-state index >= 15 is 0 Å². The van der Waals surface area contributed by atoms with Gasteiger partial charge in [0.15, 0.2) is 0 Å². The van der Waals surface area contributed by atoms with Gasteiger partial charge in [-0.1, -0.05) is 13.8 Å². The predicted octanol–water partition coefficient (Wildman–Crippen LogP) is 0.551. The molecule has 0 aromatic heterocycles. The Morgan fingerprint density at radius 1 is 1.54 bits per heavy atom. The number of hydrogen-bond donors (Lipinski definition) is 2. The topological polar surface area (TPSA) is 76.0 Å². The van der Waals surface area contributed by atoms with Crippen molar-refractivity contribution in [1.82, 2.24) is 0 Å². The molecule has 0 radical (unpaired) electrons. The minimum atomic E-state index is -1.11. The van der Waals surface area contributed by atoms with Crippen LogP contribution in [0.15, 0.2) is 12.3 Å². The molecule has 0 bridgehead atoms. The first kappa shape index (κ1) is 11.9. The number of carboxylic acid groups (broad SMARTS) is 1. The molecule has 0 saturated carbocycles. The molecule has 0 atom stereocenters. The van der Waals surface area contributed by atoms with Crippen LogP contribution >= 0.6 is 0 Å². The van der Waals surface area contributed by atoms with E-state index in [0.717, 1.165) is 12.3 Å². The lowest BCUT2D eigenvalue weighted by Gasteiger charge is -2.19. The number of carbonyl (C=O) groups is 1. The van der Waals surface area contributed by atoms with Crippen LogP contribution in [0.4, 0.5) is 0 Å². The first-order valence-corrected chi connectivity index (χ1v) is 3.76. The van der Waals surface area contributed by atoms with Crippen molar-refractivity contribution in [2.75, 3.05) is 13.2 Å². The van der Waals surface area contributed by atoms with E-state index in [1.165, 1.54) is 0 Å². The van der Waals surface area contributed by atoms with Gasteiger partial charge in [0.25, 0.3) is 0 Å². The van der Waals surface area contributed by atoms with E-state index < -0.39 is 11.4 Å². The van der Waals surface area contributed by atoms with Crippen LogP contribution in [0.5, 0.6) is 0 Å². The quantitative estimate of drug-likeness (QED) is 0.210. The van der Waals surface area contributed by atoms with Crippen LogP contribution in [0.3, 0.4) is 0 Å². The monoisotopic (exact) mass is 190 g/mol. The summed E-state index contributed by atoms with van der Waals surface area (Å²) in [4.78, 5) is 19.0. The molecule has 0 heterocycles. The first-order valence-electron chi connectivity index (χ1n) is 3.76. The highest BCUT2D eigenvalue weighted by atomic mass is 17.2. The highest BCUT2D eigenvalue weighted by Crippen LogP contribution is 2.13. The van der Waals surface area contributed by atoms with Crippen LogP contribution in [-0.2, 0) is 14.6 Å². The number of aliphatic hydroxyl groups excluding tert-OH is 1. The van der Waals surface area contributed by atoms with E-state index in [2.05, 4.69) is 9.78 Å². The number of aliphatic hydroxyl groups is 1. The van der Waals surface area contributed by atoms with Gasteiger partial charge in [-0.3, -0.25) is 0 Å². The van der Waals surface area contributed by atoms with E-state index in [1.807, 2.05) is 0 Å². The van der Waals surface area contributed by atoms with Gasteiger partial charge in [0.05, 0.1) is 12.7 Å². The predicted molar refractivity (Wildman–Crippen MR) is 44.7 cm³/mol. The maximum atomic E-state index is 9.95. The molecule has 0 rings (SSSR count). The maximum absolute atomic E-state index is 9.95. The molecular formula is C8H14O5. The van der Waals surface area contributed by atoms with Crippen molar-refractivity contribution < 1.29 is 24.8 Å². The zero-order valence-electron chi connectivity index (χ0n) is 7.69. The number of hydrogen-bond acceptors (Lipinski definition) is 4. The third-order valence-corrected chi connectivity index (χ3v) is 1.21. The molecule has 0 aliphatic heterocycles. The van der Waals surface area contributed by atoms with Gasteiger partial charge < -0.3 is 15.1 Å². The van der Waals surface area contributed by atoms with Crippen LogP contribution in [-0.4, -0.2) is 29.4 Å². The second-order valence-corrected chi connectivity index (χ2v) is 3.32. The van der Waals surface area contributed by atoms with Crippen molar-refractivity contribution in [2.45, 2.75) is 13.8 Å². The van der Waals surface area contributed by atoms with Crippen LogP contribution in [0.2, 0.25) is 0 Å². The lowest BCUT2D eigenvalue weighted by molar-refractivity contribution is -0.267. The molecule has 0 aromatic rings. The van der Waals surface area contributed by atoms with Gasteiger partial charge in [-0.15, -0.1) is 0 Å². The molecule has 13 heavy (non-hydrogen) atoms. The summed E-state index contributed by atoms with van der Waals surface area (Å²) in [6.07, 6.45) is 1.74. The van der Waals surface area contributed by atoms with Crippen LogP contribution in [0.25, 0.3) is 0 Å². The summed E-state index contributed by atoms with van der Waals surface area (Å²) in [5.74, 6) is -1.11. The van der Waals surface area contributed by atoms with Crippen molar-refractivity contribution in [1.29, 1.82) is 0 Å². The lowest BCUT2D eigenvalue weighted by atomic mass is 9.97. The van der Waals surface area contributed by atoms with Gasteiger partial charge in [-0.05, 0) is 0 Å². The first-order chi connectivity index (χ1) is 5.98. The molecule has 2 N–H and O–H groups in total. The largest absolute Gasteiger partial charge is 0.478 e. The second kappa shape index (κ2) is 5.55. The Balaban J connectivity index is 3.51. The zero-order chi connectivity index (χ0) is 10.3. The molecule has 0 amide bonds. The van der Waals surface area contributed by atoms with E-state index in [1.54, 1.807) is 13.8 Å². The summed E-state index contributed by atoms with van der Waals surface area (Å²) >= 11 is 0. The average Bonchev–Trinajstić information content (AvgIpc) is 2.03. The third kappa shape index (κ3) is 7.30. The molecule has 0 aliphatic rings. The molecule has 0 aromatic carbocycles. The third-order valence-electron chi connectivity index (χ3n) is 1.21. The minimum absolute atomic E-state index is 0.0288. The van der Waals surface area contributed by atoms with Crippen LogP contribution < -0.4 is 0 Å². The van der Waals surface area contributed by atoms with Crippen molar-refractivity contribution in [3.63, 3.8) is 0 Å². The summed E-state index contributed by atoms with van der Waals surface area (Å²) in [5.41, 5.74) is -0.392. The standard InChI is InChI=1S/C8H14O5/c1-8(2,5-9)6-13-12-4-3-7(10)11/h3-4,9H,5-6H2,1-2H3,(H,10,11). The smallest absolute Gasteiger partial charge is 0.331 e. The van der Waals surface area contributed by atoms with Gasteiger partial charge in [0, 0.05) is 5.41 Å². The minimum Gasteiger partial charge on any atom is -0.478 e. The van der Waals surface area contributed by atoms with Crippen LogP contribution in [0.1, 0.15) is 13.8 Å². The molecule has 5 heteroatoms. The highest BCUT2D eigenvalue weighted by molar-refractivity contribution is 5.79. The Kier molecular flexibility index (Phi) is 5.10. The van der Waals surface area contributed by atoms with Crippen LogP contribution in [0, 0.1) is 5.41 Å². The zero-order valence-corrected chi connectivity index (χ0v) is 7.69. The van der Waals surface area contributed by atoms with Gasteiger partial charge in [-0.2, -0.15) is 4.89 Å². The summed E-state index contributed by atoms with van der Waals surface area (Å²) in [5, 5.41) is 16.9. The normalized spacial score (nSPS) is 11.9. The van der Waals surface area contributed by atoms with E-state index in [4.69, 9.17) is 10.2 Å². The molecular weight excluding hydrogens is 176 g/mol. The molecule has 0 unspecified atom stereocenters. The number of carboxylic acids is 1. The summed E-state index contributed by atoms with van der Waals surface area (Å²) in [7, 11) is 0. The molecule has 76 valence electrons. The fourth-order valence-corrected chi connectivity index (χ4v) is 0.364. The summed E-state index contributed by atoms with van der Waals surface area (Å²) in [6, 6.07) is 0. The Hall–Kier alpha value is -1.07. The van der Waals surface area contributed by atoms with Crippen molar-refractivity contribution in [3.8, 4) is 0 Å². The lowest BCUT2D eigenvalue weighted by Crippen LogP contribution is -2.23. The van der Waals surface area contributed by atoms with Gasteiger partial charge in [-0.25, -0.2) is 4.79 Å². The van der Waals surface area contributed by atoms with E-state index in [9.17, 15) is 4.79 Å². The Morgan fingerprint density at radius 2 is 2.15 bits per heavy atom. The molecule has 0 aliphatic carbocycles. The highest BCUT2D eigenvalue weighted by Gasteiger charge is 2.17. The summed E-state index contributed by atoms with van der Waals surface area (Å²) < 4.78 is 0. The second-order valence-electron chi connectivity index (χ2n) is 3.32. The number of aliphatic carboxylic acids is 1. The van der Waals surface area contributed by atoms with E-state index in [-0.39, 0.29) is 13.2 Å². The summed E-state index contributed by atoms with van der Waals surface area (Å²) in [6.45, 7) is 3.74.